The molecule has 2 nitrogen and oxygen atoms in total. The minimum atomic E-state index is 0.0783. The molecule has 1 rings (SSSR count). The molecule has 1 aliphatic heterocycles. The number of nitrogens with one attached hydrogen (secondary N) is 1. The van der Waals surface area contributed by atoms with Crippen LogP contribution in [0.15, 0.2) is 0 Å². The topological polar surface area (TPSA) is 32.3 Å². The van der Waals surface area contributed by atoms with Gasteiger partial charge in [0.1, 0.15) is 0 Å². The van der Waals surface area contributed by atoms with Gasteiger partial charge in [-0.05, 0) is 31.7 Å². The maximum atomic E-state index is 9.32. The summed E-state index contributed by atoms with van der Waals surface area (Å²) in [6, 6.07) is 0. The van der Waals surface area contributed by atoms with Gasteiger partial charge < -0.3 is 10.4 Å². The molecule has 13 heavy (non-hydrogen) atoms. The lowest BCUT2D eigenvalue weighted by atomic mass is 9.90. The van der Waals surface area contributed by atoms with E-state index in [1.165, 1.54) is 19.3 Å². The van der Waals surface area contributed by atoms with Crippen molar-refractivity contribution in [3.05, 3.63) is 0 Å². The van der Waals surface area contributed by atoms with Gasteiger partial charge in [0.2, 0.25) is 0 Å². The molecule has 1 atom stereocenters. The molecule has 1 heterocycles. The first-order valence-corrected chi connectivity index (χ1v) is 5.54. The highest BCUT2D eigenvalue weighted by Gasteiger charge is 2.31. The van der Waals surface area contributed by atoms with Crippen LogP contribution in [0.4, 0.5) is 0 Å². The van der Waals surface area contributed by atoms with Gasteiger partial charge >= 0.3 is 0 Å². The molecule has 0 radical (unpaired) electrons. The maximum absolute atomic E-state index is 9.32. The van der Waals surface area contributed by atoms with Gasteiger partial charge in [-0.3, -0.25) is 0 Å². The maximum Gasteiger partial charge on any atom is 0.0613 e. The predicted molar refractivity (Wildman–Crippen MR) is 55.7 cm³/mol. The molecule has 0 aromatic rings. The van der Waals surface area contributed by atoms with E-state index in [9.17, 15) is 5.11 Å². The van der Waals surface area contributed by atoms with E-state index in [1.807, 2.05) is 0 Å². The molecule has 0 aromatic heterocycles. The summed E-state index contributed by atoms with van der Waals surface area (Å²) in [7, 11) is 0. The van der Waals surface area contributed by atoms with E-state index in [0.717, 1.165) is 25.3 Å². The molecule has 0 aliphatic carbocycles. The Morgan fingerprint density at radius 1 is 1.46 bits per heavy atom. The Morgan fingerprint density at radius 2 is 2.23 bits per heavy atom. The molecule has 1 saturated heterocycles. The van der Waals surface area contributed by atoms with E-state index in [2.05, 4.69) is 19.2 Å². The molecule has 1 fully saturated rings. The van der Waals surface area contributed by atoms with Crippen molar-refractivity contribution in [1.82, 2.24) is 5.32 Å². The molecule has 0 aromatic carbocycles. The average molecular weight is 185 g/mol. The van der Waals surface area contributed by atoms with Crippen molar-refractivity contribution >= 4 is 0 Å². The first-order chi connectivity index (χ1) is 6.18. The lowest BCUT2D eigenvalue weighted by Crippen LogP contribution is -2.43. The highest BCUT2D eigenvalue weighted by molar-refractivity contribution is 4.92. The molecule has 78 valence electrons. The van der Waals surface area contributed by atoms with Crippen LogP contribution in [0.2, 0.25) is 0 Å². The van der Waals surface area contributed by atoms with Crippen LogP contribution in [-0.4, -0.2) is 23.8 Å². The van der Waals surface area contributed by atoms with E-state index in [1.54, 1.807) is 0 Å². The Kier molecular flexibility index (Phi) is 4.20. The summed E-state index contributed by atoms with van der Waals surface area (Å²) in [6.45, 7) is 5.91. The van der Waals surface area contributed by atoms with Crippen molar-refractivity contribution in [3.63, 3.8) is 0 Å². The van der Waals surface area contributed by atoms with Crippen molar-refractivity contribution in [2.24, 2.45) is 5.92 Å². The second kappa shape index (κ2) is 4.97. The third-order valence-corrected chi connectivity index (χ3v) is 3.07. The molecular formula is C11H23NO. The molecule has 0 bridgehead atoms. The van der Waals surface area contributed by atoms with Crippen molar-refractivity contribution in [2.45, 2.75) is 51.5 Å². The number of hydrogen-bond acceptors (Lipinski definition) is 2. The SMILES string of the molecule is CC(C)CCCC1(CO)CCCN1. The van der Waals surface area contributed by atoms with Crippen LogP contribution in [0.3, 0.4) is 0 Å². The van der Waals surface area contributed by atoms with Crippen LogP contribution in [0.25, 0.3) is 0 Å². The Bertz CT molecular complexity index is 139. The van der Waals surface area contributed by atoms with Crippen molar-refractivity contribution in [3.8, 4) is 0 Å². The Hall–Kier alpha value is -0.0800. The van der Waals surface area contributed by atoms with Crippen molar-refractivity contribution < 1.29 is 5.11 Å². The first kappa shape index (κ1) is 11.0. The summed E-state index contributed by atoms with van der Waals surface area (Å²) in [5.41, 5.74) is 0.0783. The highest BCUT2D eigenvalue weighted by Crippen LogP contribution is 2.25. The fraction of sp³-hybridized carbons (Fsp3) is 1.00. The van der Waals surface area contributed by atoms with Crippen LogP contribution in [0.5, 0.6) is 0 Å². The van der Waals surface area contributed by atoms with Gasteiger partial charge in [-0.15, -0.1) is 0 Å². The van der Waals surface area contributed by atoms with Gasteiger partial charge in [0.15, 0.2) is 0 Å². The predicted octanol–water partition coefficient (Wildman–Crippen LogP) is 1.93. The fourth-order valence-electron chi connectivity index (χ4n) is 2.14. The van der Waals surface area contributed by atoms with Crippen LogP contribution in [0.1, 0.15) is 46.0 Å². The Balaban J connectivity index is 2.23. The van der Waals surface area contributed by atoms with Crippen molar-refractivity contribution in [1.29, 1.82) is 0 Å². The molecule has 2 N–H and O–H groups in total. The fourth-order valence-corrected chi connectivity index (χ4v) is 2.14. The molecule has 2 heteroatoms. The van der Waals surface area contributed by atoms with Gasteiger partial charge in [0.05, 0.1) is 6.61 Å². The minimum absolute atomic E-state index is 0.0783. The number of aliphatic hydroxyl groups excluding tert-OH is 1. The Morgan fingerprint density at radius 3 is 2.69 bits per heavy atom. The number of hydrogen-bond donors (Lipinski definition) is 2. The molecule has 0 spiro atoms. The second-order valence-corrected chi connectivity index (χ2v) is 4.75. The summed E-state index contributed by atoms with van der Waals surface area (Å²) < 4.78 is 0. The van der Waals surface area contributed by atoms with E-state index in [0.29, 0.717) is 6.61 Å². The van der Waals surface area contributed by atoms with Crippen LogP contribution in [0, 0.1) is 5.92 Å². The van der Waals surface area contributed by atoms with Gasteiger partial charge in [0.25, 0.3) is 0 Å². The van der Waals surface area contributed by atoms with Gasteiger partial charge in [0, 0.05) is 5.54 Å². The third kappa shape index (κ3) is 3.28. The third-order valence-electron chi connectivity index (χ3n) is 3.07. The summed E-state index contributed by atoms with van der Waals surface area (Å²) in [4.78, 5) is 0. The second-order valence-electron chi connectivity index (χ2n) is 4.75. The zero-order valence-corrected chi connectivity index (χ0v) is 8.97. The molecule has 0 amide bonds. The summed E-state index contributed by atoms with van der Waals surface area (Å²) in [5.74, 6) is 0.789. The van der Waals surface area contributed by atoms with E-state index in [-0.39, 0.29) is 5.54 Å². The van der Waals surface area contributed by atoms with Crippen LogP contribution >= 0.6 is 0 Å². The normalized spacial score (nSPS) is 28.6. The van der Waals surface area contributed by atoms with E-state index >= 15 is 0 Å². The largest absolute Gasteiger partial charge is 0.394 e. The summed E-state index contributed by atoms with van der Waals surface area (Å²) in [6.07, 6.45) is 6.04. The average Bonchev–Trinajstić information content (AvgIpc) is 2.53. The highest BCUT2D eigenvalue weighted by atomic mass is 16.3. The van der Waals surface area contributed by atoms with E-state index < -0.39 is 0 Å². The molecule has 1 aliphatic rings. The lowest BCUT2D eigenvalue weighted by molar-refractivity contribution is 0.164. The van der Waals surface area contributed by atoms with Gasteiger partial charge in [-0.1, -0.05) is 26.7 Å². The summed E-state index contributed by atoms with van der Waals surface area (Å²) in [5, 5.41) is 12.8. The lowest BCUT2D eigenvalue weighted by Gasteiger charge is -2.27. The minimum Gasteiger partial charge on any atom is -0.394 e. The number of rotatable bonds is 5. The zero-order chi connectivity index (χ0) is 9.73. The van der Waals surface area contributed by atoms with Gasteiger partial charge in [-0.2, -0.15) is 0 Å². The zero-order valence-electron chi connectivity index (χ0n) is 8.97. The monoisotopic (exact) mass is 185 g/mol. The van der Waals surface area contributed by atoms with Gasteiger partial charge in [-0.25, -0.2) is 0 Å². The standard InChI is InChI=1S/C11H23NO/c1-10(2)5-3-6-11(9-13)7-4-8-12-11/h10,12-13H,3-9H2,1-2H3. The number of aliphatic hydroxyl groups is 1. The summed E-state index contributed by atoms with van der Waals surface area (Å²) >= 11 is 0. The molecule has 0 saturated carbocycles. The Labute approximate surface area is 81.7 Å². The van der Waals surface area contributed by atoms with Crippen LogP contribution in [-0.2, 0) is 0 Å². The van der Waals surface area contributed by atoms with E-state index in [4.69, 9.17) is 0 Å². The first-order valence-electron chi connectivity index (χ1n) is 5.54. The van der Waals surface area contributed by atoms with Crippen molar-refractivity contribution in [2.75, 3.05) is 13.2 Å². The molecular weight excluding hydrogens is 162 g/mol. The quantitative estimate of drug-likeness (QED) is 0.686. The molecule has 1 unspecified atom stereocenters. The smallest absolute Gasteiger partial charge is 0.0613 e. The van der Waals surface area contributed by atoms with Crippen LogP contribution < -0.4 is 5.32 Å².